The van der Waals surface area contributed by atoms with E-state index in [0.717, 1.165) is 32.4 Å². The number of pyridine rings is 1. The predicted molar refractivity (Wildman–Crippen MR) is 118 cm³/mol. The van der Waals surface area contributed by atoms with E-state index in [1.165, 1.54) is 7.11 Å². The number of likely N-dealkylation sites (tertiary alicyclic amines) is 2. The Kier molecular flexibility index (Phi) is 6.78. The van der Waals surface area contributed by atoms with Crippen molar-refractivity contribution in [1.29, 1.82) is 0 Å². The number of carbonyl (C=O) groups is 2. The second-order valence-electron chi connectivity index (χ2n) is 8.03. The third-order valence-corrected chi connectivity index (χ3v) is 5.99. The third kappa shape index (κ3) is 4.49. The molecule has 1 aromatic heterocycles. The van der Waals surface area contributed by atoms with Gasteiger partial charge in [-0.25, -0.2) is 4.98 Å². The maximum Gasteiger partial charge on any atom is 0.259 e. The van der Waals surface area contributed by atoms with Crippen LogP contribution in [0, 0.1) is 0 Å². The minimum Gasteiger partial charge on any atom is -0.493 e. The molecule has 3 heterocycles. The van der Waals surface area contributed by atoms with E-state index in [4.69, 9.17) is 14.2 Å². The molecule has 2 aliphatic heterocycles. The van der Waals surface area contributed by atoms with Crippen LogP contribution in [0.2, 0.25) is 0 Å². The average molecular weight is 440 g/mol. The van der Waals surface area contributed by atoms with Crippen LogP contribution in [0.25, 0.3) is 0 Å². The van der Waals surface area contributed by atoms with Crippen molar-refractivity contribution in [2.75, 3.05) is 40.4 Å². The van der Waals surface area contributed by atoms with Gasteiger partial charge in [0, 0.05) is 32.3 Å². The maximum absolute atomic E-state index is 13.1. The van der Waals surface area contributed by atoms with Crippen LogP contribution in [0.1, 0.15) is 46.4 Å². The SMILES string of the molecule is COc1cccc(C(=O)N2CCC(Oc3ncccc3C(=O)N3CCCCC3)C2)c1OC. The van der Waals surface area contributed by atoms with Gasteiger partial charge in [0.25, 0.3) is 11.8 Å². The summed E-state index contributed by atoms with van der Waals surface area (Å²) >= 11 is 0. The van der Waals surface area contributed by atoms with Gasteiger partial charge in [0.1, 0.15) is 11.7 Å². The standard InChI is InChI=1S/C24H29N3O5/c1-30-20-10-6-8-18(21(20)31-2)23(28)27-15-11-17(16-27)32-22-19(9-7-12-25-22)24(29)26-13-4-3-5-14-26/h6-10,12,17H,3-5,11,13-16H2,1-2H3. The molecule has 0 radical (unpaired) electrons. The van der Waals surface area contributed by atoms with Crippen molar-refractivity contribution in [1.82, 2.24) is 14.8 Å². The molecule has 2 aromatic rings. The van der Waals surface area contributed by atoms with Crippen LogP contribution in [0.4, 0.5) is 0 Å². The van der Waals surface area contributed by atoms with Crippen molar-refractivity contribution in [2.45, 2.75) is 31.8 Å². The molecule has 0 aliphatic carbocycles. The molecule has 1 aromatic carbocycles. The Morgan fingerprint density at radius 1 is 0.906 bits per heavy atom. The fourth-order valence-corrected chi connectivity index (χ4v) is 4.31. The van der Waals surface area contributed by atoms with Crippen LogP contribution >= 0.6 is 0 Å². The summed E-state index contributed by atoms with van der Waals surface area (Å²) in [5.41, 5.74) is 0.931. The van der Waals surface area contributed by atoms with Gasteiger partial charge in [-0.2, -0.15) is 0 Å². The zero-order valence-corrected chi connectivity index (χ0v) is 18.6. The molecule has 2 aliphatic rings. The molecule has 2 saturated heterocycles. The molecular weight excluding hydrogens is 410 g/mol. The number of piperidine rings is 1. The number of para-hydroxylation sites is 1. The van der Waals surface area contributed by atoms with Crippen LogP contribution in [0.3, 0.4) is 0 Å². The number of hydrogen-bond donors (Lipinski definition) is 0. The van der Waals surface area contributed by atoms with Crippen molar-refractivity contribution >= 4 is 11.8 Å². The number of carbonyl (C=O) groups excluding carboxylic acids is 2. The van der Waals surface area contributed by atoms with Gasteiger partial charge in [0.05, 0.1) is 26.3 Å². The number of rotatable bonds is 6. The fourth-order valence-electron chi connectivity index (χ4n) is 4.31. The van der Waals surface area contributed by atoms with Gasteiger partial charge < -0.3 is 24.0 Å². The highest BCUT2D eigenvalue weighted by atomic mass is 16.5. The molecule has 4 rings (SSSR count). The lowest BCUT2D eigenvalue weighted by atomic mass is 10.1. The van der Waals surface area contributed by atoms with E-state index < -0.39 is 0 Å². The van der Waals surface area contributed by atoms with E-state index in [-0.39, 0.29) is 17.9 Å². The first-order chi connectivity index (χ1) is 15.6. The number of nitrogens with zero attached hydrogens (tertiary/aromatic N) is 3. The van der Waals surface area contributed by atoms with Gasteiger partial charge >= 0.3 is 0 Å². The minimum atomic E-state index is -0.238. The summed E-state index contributed by atoms with van der Waals surface area (Å²) in [6.07, 6.45) is 5.25. The summed E-state index contributed by atoms with van der Waals surface area (Å²) in [5.74, 6) is 1.09. The van der Waals surface area contributed by atoms with Crippen LogP contribution < -0.4 is 14.2 Å². The Morgan fingerprint density at radius 3 is 2.41 bits per heavy atom. The topological polar surface area (TPSA) is 81.2 Å². The van der Waals surface area contributed by atoms with Crippen molar-refractivity contribution in [3.63, 3.8) is 0 Å². The molecule has 0 saturated carbocycles. The molecule has 32 heavy (non-hydrogen) atoms. The van der Waals surface area contributed by atoms with Crippen LogP contribution in [-0.4, -0.2) is 73.1 Å². The average Bonchev–Trinajstić information content (AvgIpc) is 3.32. The number of amides is 2. The predicted octanol–water partition coefficient (Wildman–Crippen LogP) is 3.02. The quantitative estimate of drug-likeness (QED) is 0.688. The van der Waals surface area contributed by atoms with Gasteiger partial charge in [-0.3, -0.25) is 9.59 Å². The Morgan fingerprint density at radius 2 is 1.66 bits per heavy atom. The van der Waals surface area contributed by atoms with E-state index in [2.05, 4.69) is 4.98 Å². The fraction of sp³-hybridized carbons (Fsp3) is 0.458. The lowest BCUT2D eigenvalue weighted by Crippen LogP contribution is -2.36. The number of methoxy groups -OCH3 is 2. The van der Waals surface area contributed by atoms with E-state index in [1.54, 1.807) is 48.5 Å². The summed E-state index contributed by atoms with van der Waals surface area (Å²) in [6.45, 7) is 2.49. The van der Waals surface area contributed by atoms with Crippen molar-refractivity contribution in [3.8, 4) is 17.4 Å². The summed E-state index contributed by atoms with van der Waals surface area (Å²) in [4.78, 5) is 34.1. The van der Waals surface area contributed by atoms with Crippen LogP contribution in [-0.2, 0) is 0 Å². The Labute approximate surface area is 188 Å². The van der Waals surface area contributed by atoms with Gasteiger partial charge in [0.15, 0.2) is 11.5 Å². The van der Waals surface area contributed by atoms with E-state index in [0.29, 0.717) is 48.0 Å². The van der Waals surface area contributed by atoms with Gasteiger partial charge in [-0.1, -0.05) is 6.07 Å². The summed E-state index contributed by atoms with van der Waals surface area (Å²) < 4.78 is 16.9. The highest BCUT2D eigenvalue weighted by molar-refractivity contribution is 5.98. The molecule has 8 heteroatoms. The molecule has 1 atom stereocenters. The van der Waals surface area contributed by atoms with Gasteiger partial charge in [-0.05, 0) is 43.5 Å². The zero-order valence-electron chi connectivity index (χ0n) is 18.6. The maximum atomic E-state index is 13.1. The number of benzene rings is 1. The van der Waals surface area contributed by atoms with Gasteiger partial charge in [0.2, 0.25) is 5.88 Å². The second-order valence-corrected chi connectivity index (χ2v) is 8.03. The van der Waals surface area contributed by atoms with Gasteiger partial charge in [-0.15, -0.1) is 0 Å². The zero-order chi connectivity index (χ0) is 22.5. The minimum absolute atomic E-state index is 0.0418. The number of aromatic nitrogens is 1. The molecule has 2 fully saturated rings. The first kappa shape index (κ1) is 21.9. The normalized spacial score (nSPS) is 18.4. The van der Waals surface area contributed by atoms with E-state index in [9.17, 15) is 9.59 Å². The molecule has 0 spiro atoms. The van der Waals surface area contributed by atoms with Crippen molar-refractivity contribution in [2.24, 2.45) is 0 Å². The van der Waals surface area contributed by atoms with E-state index >= 15 is 0 Å². The number of ether oxygens (including phenoxy) is 3. The first-order valence-electron chi connectivity index (χ1n) is 11.0. The Balaban J connectivity index is 1.45. The molecule has 170 valence electrons. The second kappa shape index (κ2) is 9.89. The highest BCUT2D eigenvalue weighted by Crippen LogP contribution is 2.32. The molecular formula is C24H29N3O5. The summed E-state index contributed by atoms with van der Waals surface area (Å²) in [5, 5.41) is 0. The summed E-state index contributed by atoms with van der Waals surface area (Å²) in [6, 6.07) is 8.77. The molecule has 0 bridgehead atoms. The smallest absolute Gasteiger partial charge is 0.259 e. The molecule has 2 amide bonds. The first-order valence-corrected chi connectivity index (χ1v) is 11.0. The van der Waals surface area contributed by atoms with Crippen molar-refractivity contribution in [3.05, 3.63) is 47.7 Å². The van der Waals surface area contributed by atoms with Crippen LogP contribution in [0.5, 0.6) is 17.4 Å². The largest absolute Gasteiger partial charge is 0.493 e. The molecule has 8 nitrogen and oxygen atoms in total. The molecule has 1 unspecified atom stereocenters. The Hall–Kier alpha value is -3.29. The van der Waals surface area contributed by atoms with Crippen molar-refractivity contribution < 1.29 is 23.8 Å². The third-order valence-electron chi connectivity index (χ3n) is 5.99. The number of hydrogen-bond acceptors (Lipinski definition) is 6. The Bertz CT molecular complexity index is 974. The van der Waals surface area contributed by atoms with E-state index in [1.807, 2.05) is 4.90 Å². The van der Waals surface area contributed by atoms with Crippen LogP contribution in [0.15, 0.2) is 36.5 Å². The molecule has 0 N–H and O–H groups in total. The lowest BCUT2D eigenvalue weighted by Gasteiger charge is -2.27. The summed E-state index contributed by atoms with van der Waals surface area (Å²) in [7, 11) is 3.06. The lowest BCUT2D eigenvalue weighted by molar-refractivity contribution is 0.0708. The monoisotopic (exact) mass is 439 g/mol. The highest BCUT2D eigenvalue weighted by Gasteiger charge is 2.32.